The average Bonchev–Trinajstić information content (AvgIpc) is 3.18. The number of phenolic OH excluding ortho intramolecular Hbond substituents is 1. The van der Waals surface area contributed by atoms with E-state index in [1.54, 1.807) is 5.56 Å². The van der Waals surface area contributed by atoms with Gasteiger partial charge < -0.3 is 14.7 Å². The Morgan fingerprint density at radius 1 is 1.06 bits per heavy atom. The number of aryl methyl sites for hydroxylation is 1. The van der Waals surface area contributed by atoms with Crippen molar-refractivity contribution in [2.45, 2.75) is 95.3 Å². The number of phenols is 1. The van der Waals surface area contributed by atoms with Gasteiger partial charge in [-0.1, -0.05) is 18.1 Å². The van der Waals surface area contributed by atoms with Crippen molar-refractivity contribution in [3.8, 4) is 5.75 Å². The first kappa shape index (κ1) is 23.1. The van der Waals surface area contributed by atoms with Crippen LogP contribution in [0.1, 0.15) is 100 Å². The van der Waals surface area contributed by atoms with Crippen molar-refractivity contribution >= 4 is 11.7 Å². The molecule has 6 saturated carbocycles. The van der Waals surface area contributed by atoms with Crippen molar-refractivity contribution in [3.05, 3.63) is 28.8 Å². The highest BCUT2D eigenvalue weighted by molar-refractivity contribution is 5.92. The quantitative estimate of drug-likeness (QED) is 0.399. The molecule has 0 aliphatic heterocycles. The predicted octanol–water partition coefficient (Wildman–Crippen LogP) is 6.26. The number of rotatable bonds is 4. The van der Waals surface area contributed by atoms with Crippen molar-refractivity contribution in [1.82, 2.24) is 0 Å². The summed E-state index contributed by atoms with van der Waals surface area (Å²) in [4.78, 5) is 16.9. The SMILES string of the molecule is COC(=O)CO/N=C1\CCC2C3CCc4cc(O)c(C56CC7CC(CC(C7)C5)C6)cc4C3CC[C@]12C. The van der Waals surface area contributed by atoms with E-state index in [0.29, 0.717) is 23.5 Å². The number of oxime groups is 1. The molecule has 0 amide bonds. The van der Waals surface area contributed by atoms with Gasteiger partial charge in [-0.25, -0.2) is 4.79 Å². The fourth-order valence-corrected chi connectivity index (χ4v) is 10.6. The monoisotopic (exact) mass is 491 g/mol. The Labute approximate surface area is 215 Å². The Morgan fingerprint density at radius 3 is 2.47 bits per heavy atom. The highest BCUT2D eigenvalue weighted by Crippen LogP contribution is 2.64. The molecule has 8 rings (SSSR count). The predicted molar refractivity (Wildman–Crippen MR) is 138 cm³/mol. The van der Waals surface area contributed by atoms with Crippen LogP contribution in [-0.2, 0) is 26.2 Å². The van der Waals surface area contributed by atoms with Crippen LogP contribution >= 0.6 is 0 Å². The third-order valence-electron chi connectivity index (χ3n) is 11.8. The van der Waals surface area contributed by atoms with E-state index >= 15 is 0 Å². The van der Waals surface area contributed by atoms with Crippen LogP contribution in [0.2, 0.25) is 0 Å². The van der Waals surface area contributed by atoms with E-state index in [1.807, 2.05) is 0 Å². The molecule has 1 N–H and O–H groups in total. The number of hydrogen-bond donors (Lipinski definition) is 1. The Bertz CT molecular complexity index is 1070. The Balaban J connectivity index is 1.17. The number of hydrogen-bond acceptors (Lipinski definition) is 5. The second-order valence-electron chi connectivity index (χ2n) is 13.6. The number of carbonyl (C=O) groups excluding carboxylic acids is 1. The lowest BCUT2D eigenvalue weighted by Gasteiger charge is -2.57. The van der Waals surface area contributed by atoms with Gasteiger partial charge in [-0.2, -0.15) is 0 Å². The van der Waals surface area contributed by atoms with Crippen molar-refractivity contribution in [2.24, 2.45) is 40.2 Å². The largest absolute Gasteiger partial charge is 0.508 e. The minimum Gasteiger partial charge on any atom is -0.508 e. The van der Waals surface area contributed by atoms with Gasteiger partial charge in [0.25, 0.3) is 0 Å². The minimum absolute atomic E-state index is 0.0640. The molecular weight excluding hydrogens is 450 g/mol. The van der Waals surface area contributed by atoms with Gasteiger partial charge in [-0.05, 0) is 135 Å². The molecule has 194 valence electrons. The van der Waals surface area contributed by atoms with Crippen LogP contribution in [0.5, 0.6) is 5.75 Å². The second-order valence-corrected chi connectivity index (χ2v) is 13.6. The molecule has 36 heavy (non-hydrogen) atoms. The molecule has 4 bridgehead atoms. The van der Waals surface area contributed by atoms with Crippen LogP contribution in [0.4, 0.5) is 0 Å². The lowest BCUT2D eigenvalue weighted by molar-refractivity contribution is -0.145. The molecule has 0 spiro atoms. The van der Waals surface area contributed by atoms with E-state index in [9.17, 15) is 9.90 Å². The summed E-state index contributed by atoms with van der Waals surface area (Å²) in [7, 11) is 1.38. The number of ether oxygens (including phenoxy) is 1. The van der Waals surface area contributed by atoms with Crippen LogP contribution in [-0.4, -0.2) is 30.5 Å². The van der Waals surface area contributed by atoms with E-state index in [0.717, 1.165) is 49.1 Å². The van der Waals surface area contributed by atoms with E-state index in [1.165, 1.54) is 69.6 Å². The average molecular weight is 492 g/mol. The number of benzene rings is 1. The molecule has 3 unspecified atom stereocenters. The standard InChI is InChI=1S/C31H41NO4/c1-30-8-7-22-23(25(30)5-6-28(30)32-36-17-29(34)35-2)4-3-21-12-27(33)26(13-24(21)22)31-14-18-9-19(15-31)11-20(10-18)16-31/h12-13,18-20,22-23,25,33H,3-11,14-17H2,1-2H3/b32-28+/t18?,19?,20?,22?,23?,25?,30-,31?/m0/s1. The normalized spacial score (nSPS) is 43.1. The summed E-state index contributed by atoms with van der Waals surface area (Å²) in [6.07, 6.45) is 14.9. The van der Waals surface area contributed by atoms with Gasteiger partial charge in [-0.3, -0.25) is 0 Å². The third kappa shape index (κ3) is 3.40. The first-order chi connectivity index (χ1) is 17.4. The Kier molecular flexibility index (Phi) is 5.28. The summed E-state index contributed by atoms with van der Waals surface area (Å²) in [5.74, 6) is 4.72. The first-order valence-corrected chi connectivity index (χ1v) is 14.5. The molecule has 6 fully saturated rings. The van der Waals surface area contributed by atoms with Crippen LogP contribution in [0.25, 0.3) is 0 Å². The second kappa shape index (κ2) is 8.23. The summed E-state index contributed by atoms with van der Waals surface area (Å²) in [5, 5.41) is 15.8. The highest BCUT2D eigenvalue weighted by atomic mass is 16.6. The number of fused-ring (bicyclic) bond motifs is 5. The van der Waals surface area contributed by atoms with Gasteiger partial charge in [0.05, 0.1) is 12.8 Å². The summed E-state index contributed by atoms with van der Waals surface area (Å²) in [6, 6.07) is 4.69. The van der Waals surface area contributed by atoms with E-state index < -0.39 is 0 Å². The lowest BCUT2D eigenvalue weighted by Crippen LogP contribution is -2.48. The summed E-state index contributed by atoms with van der Waals surface area (Å²) < 4.78 is 4.69. The lowest BCUT2D eigenvalue weighted by atomic mass is 9.47. The zero-order valence-corrected chi connectivity index (χ0v) is 21.9. The maximum atomic E-state index is 11.5. The van der Waals surface area contributed by atoms with Gasteiger partial charge in [0.1, 0.15) is 5.75 Å². The van der Waals surface area contributed by atoms with E-state index in [-0.39, 0.29) is 23.4 Å². The number of nitrogens with zero attached hydrogens (tertiary/aromatic N) is 1. The number of carbonyl (C=O) groups is 1. The first-order valence-electron chi connectivity index (χ1n) is 14.5. The van der Waals surface area contributed by atoms with E-state index in [4.69, 9.17) is 9.57 Å². The Morgan fingerprint density at radius 2 is 1.78 bits per heavy atom. The molecule has 0 saturated heterocycles. The van der Waals surface area contributed by atoms with Crippen LogP contribution in [0, 0.1) is 35.0 Å². The molecule has 7 aliphatic carbocycles. The van der Waals surface area contributed by atoms with Gasteiger partial charge in [-0.15, -0.1) is 0 Å². The van der Waals surface area contributed by atoms with Gasteiger partial charge in [0.15, 0.2) is 0 Å². The Hall–Kier alpha value is -2.04. The summed E-state index contributed by atoms with van der Waals surface area (Å²) in [6.45, 7) is 2.27. The summed E-state index contributed by atoms with van der Waals surface area (Å²) >= 11 is 0. The smallest absolute Gasteiger partial charge is 0.346 e. The van der Waals surface area contributed by atoms with Crippen molar-refractivity contribution in [2.75, 3.05) is 13.7 Å². The van der Waals surface area contributed by atoms with Crippen LogP contribution in [0.3, 0.4) is 0 Å². The molecular formula is C31H41NO4. The maximum Gasteiger partial charge on any atom is 0.346 e. The topological polar surface area (TPSA) is 68.1 Å². The van der Waals surface area contributed by atoms with Crippen molar-refractivity contribution in [1.29, 1.82) is 0 Å². The molecule has 1 aromatic carbocycles. The highest BCUT2D eigenvalue weighted by Gasteiger charge is 2.55. The van der Waals surface area contributed by atoms with Crippen molar-refractivity contribution < 1.29 is 19.5 Å². The van der Waals surface area contributed by atoms with E-state index in [2.05, 4.69) is 24.2 Å². The number of aromatic hydroxyl groups is 1. The number of methoxy groups -OCH3 is 1. The summed E-state index contributed by atoms with van der Waals surface area (Å²) in [5.41, 5.74) is 5.70. The molecule has 7 aliphatic rings. The zero-order chi connectivity index (χ0) is 24.7. The van der Waals surface area contributed by atoms with Crippen molar-refractivity contribution in [3.63, 3.8) is 0 Å². The molecule has 0 radical (unpaired) electrons. The fourth-order valence-electron chi connectivity index (χ4n) is 10.6. The van der Waals surface area contributed by atoms with Crippen LogP contribution < -0.4 is 0 Å². The maximum absolute atomic E-state index is 11.5. The molecule has 5 nitrogen and oxygen atoms in total. The minimum atomic E-state index is -0.385. The fraction of sp³-hybridized carbons (Fsp3) is 0.742. The molecule has 1 aromatic rings. The van der Waals surface area contributed by atoms with Gasteiger partial charge in [0.2, 0.25) is 6.61 Å². The molecule has 4 atom stereocenters. The zero-order valence-electron chi connectivity index (χ0n) is 21.9. The van der Waals surface area contributed by atoms with Gasteiger partial charge in [0, 0.05) is 11.0 Å². The number of esters is 1. The third-order valence-corrected chi connectivity index (χ3v) is 11.8. The van der Waals surface area contributed by atoms with Crippen LogP contribution in [0.15, 0.2) is 17.3 Å². The molecule has 0 aromatic heterocycles. The molecule has 0 heterocycles. The molecule has 5 heteroatoms. The van der Waals surface area contributed by atoms with Gasteiger partial charge >= 0.3 is 5.97 Å².